The molecule has 0 saturated heterocycles. The molecule has 4 aromatic rings. The first-order valence-corrected chi connectivity index (χ1v) is 12.5. The molecule has 11 heteroatoms. The number of anilines is 1. The van der Waals surface area contributed by atoms with Crippen LogP contribution in [0.2, 0.25) is 10.0 Å². The predicted molar refractivity (Wildman–Crippen MR) is 139 cm³/mol. The molecule has 190 valence electrons. The summed E-state index contributed by atoms with van der Waals surface area (Å²) in [6.45, 7) is 0.240. The molecule has 0 spiro atoms. The van der Waals surface area contributed by atoms with Gasteiger partial charge in [-0.25, -0.2) is 4.79 Å². The van der Waals surface area contributed by atoms with Crippen LogP contribution in [0.4, 0.5) is 10.5 Å². The first kappa shape index (κ1) is 24.9. The molecule has 0 atom stereocenters. The summed E-state index contributed by atoms with van der Waals surface area (Å²) >= 11 is 12.1. The molecule has 1 saturated carbocycles. The number of nitrogens with one attached hydrogen (secondary N) is 2. The van der Waals surface area contributed by atoms with Gasteiger partial charge in [-0.2, -0.15) is 9.78 Å². The summed E-state index contributed by atoms with van der Waals surface area (Å²) in [6.07, 6.45) is 5.42. The third-order valence-corrected chi connectivity index (χ3v) is 7.06. The highest BCUT2D eigenvalue weighted by Crippen LogP contribution is 2.38. The Bertz CT molecular complexity index is 1450. The number of aromatic hydroxyl groups is 1. The van der Waals surface area contributed by atoms with E-state index in [1.165, 1.54) is 23.0 Å². The molecule has 2 heterocycles. The third-order valence-electron chi connectivity index (χ3n) is 6.32. The Hall–Kier alpha value is -3.82. The lowest BCUT2D eigenvalue weighted by atomic mass is 10.0. The van der Waals surface area contributed by atoms with E-state index in [2.05, 4.69) is 20.9 Å². The van der Waals surface area contributed by atoms with Crippen molar-refractivity contribution < 1.29 is 19.2 Å². The highest BCUT2D eigenvalue weighted by Gasteiger charge is 2.26. The van der Waals surface area contributed by atoms with Crippen molar-refractivity contribution in [1.29, 1.82) is 0 Å². The standard InChI is InChI=1S/C26H23Cl2N5O4/c27-19-7-5-15(11-20(19)28)14-29-26(36)33-22(16-3-1-2-4-16)13-21(32-33)18-12-17(6-8-23(18)34)31-25(35)24-9-10-30-37-24/h5-13,16,34H,1-4,14H2,(H,29,36)(H,31,35). The first-order chi connectivity index (χ1) is 17.9. The number of phenolic OH excluding ortho intramolecular Hbond substituents is 1. The molecule has 5 rings (SSSR count). The molecule has 1 aliphatic rings. The van der Waals surface area contributed by atoms with E-state index in [9.17, 15) is 14.7 Å². The molecule has 1 aliphatic carbocycles. The minimum Gasteiger partial charge on any atom is -0.507 e. The second-order valence-corrected chi connectivity index (χ2v) is 9.63. The SMILES string of the molecule is O=C(Nc1ccc(O)c(-c2cc(C3CCCC3)n(C(=O)NCc3ccc(Cl)c(Cl)c3)n2)c1)c1ccno1. The van der Waals surface area contributed by atoms with Gasteiger partial charge in [0.2, 0.25) is 5.76 Å². The molecule has 37 heavy (non-hydrogen) atoms. The van der Waals surface area contributed by atoms with Crippen molar-refractivity contribution in [3.63, 3.8) is 0 Å². The van der Waals surface area contributed by atoms with Crippen LogP contribution in [0.25, 0.3) is 11.3 Å². The Morgan fingerprint density at radius 1 is 1.05 bits per heavy atom. The molecule has 0 aliphatic heterocycles. The maximum atomic E-state index is 13.2. The molecule has 2 aromatic carbocycles. The number of amides is 2. The summed E-state index contributed by atoms with van der Waals surface area (Å²) in [5, 5.41) is 25.1. The van der Waals surface area contributed by atoms with Crippen LogP contribution < -0.4 is 10.6 Å². The number of nitrogens with zero attached hydrogens (tertiary/aromatic N) is 3. The van der Waals surface area contributed by atoms with E-state index >= 15 is 0 Å². The van der Waals surface area contributed by atoms with Crippen LogP contribution in [0.5, 0.6) is 5.75 Å². The van der Waals surface area contributed by atoms with Gasteiger partial charge in [0.15, 0.2) is 0 Å². The molecule has 9 nitrogen and oxygen atoms in total. The van der Waals surface area contributed by atoms with Gasteiger partial charge in [0.05, 0.1) is 27.6 Å². The number of phenols is 1. The fourth-order valence-electron chi connectivity index (χ4n) is 4.45. The number of hydrogen-bond acceptors (Lipinski definition) is 6. The maximum Gasteiger partial charge on any atom is 0.342 e. The van der Waals surface area contributed by atoms with Crippen LogP contribution in [0.15, 0.2) is 59.3 Å². The zero-order valence-electron chi connectivity index (χ0n) is 19.6. The number of halogens is 2. The van der Waals surface area contributed by atoms with Crippen LogP contribution in [-0.4, -0.2) is 32.0 Å². The van der Waals surface area contributed by atoms with E-state index in [-0.39, 0.29) is 24.0 Å². The number of hydrogen-bond donors (Lipinski definition) is 3. The summed E-state index contributed by atoms with van der Waals surface area (Å²) in [7, 11) is 0. The monoisotopic (exact) mass is 539 g/mol. The van der Waals surface area contributed by atoms with Crippen LogP contribution in [0.3, 0.4) is 0 Å². The summed E-state index contributed by atoms with van der Waals surface area (Å²) in [5.74, 6) is -0.279. The van der Waals surface area contributed by atoms with Crippen LogP contribution in [0, 0.1) is 0 Å². The Morgan fingerprint density at radius 2 is 1.86 bits per heavy atom. The van der Waals surface area contributed by atoms with E-state index in [0.717, 1.165) is 36.9 Å². The summed E-state index contributed by atoms with van der Waals surface area (Å²) in [4.78, 5) is 25.6. The molecule has 3 N–H and O–H groups in total. The van der Waals surface area contributed by atoms with Gasteiger partial charge in [-0.15, -0.1) is 0 Å². The van der Waals surface area contributed by atoms with E-state index in [1.54, 1.807) is 30.3 Å². The van der Waals surface area contributed by atoms with Gasteiger partial charge in [0, 0.05) is 29.8 Å². The molecule has 2 amide bonds. The predicted octanol–water partition coefficient (Wildman–Crippen LogP) is 6.22. The Morgan fingerprint density at radius 3 is 2.59 bits per heavy atom. The Labute approximate surface area is 222 Å². The normalized spacial score (nSPS) is 13.6. The van der Waals surface area contributed by atoms with Crippen LogP contribution in [-0.2, 0) is 6.54 Å². The lowest BCUT2D eigenvalue weighted by molar-refractivity contribution is 0.0988. The Balaban J connectivity index is 1.42. The first-order valence-electron chi connectivity index (χ1n) is 11.8. The van der Waals surface area contributed by atoms with Crippen molar-refractivity contribution in [2.24, 2.45) is 0 Å². The highest BCUT2D eigenvalue weighted by molar-refractivity contribution is 6.42. The average molecular weight is 540 g/mol. The van der Waals surface area contributed by atoms with Crippen molar-refractivity contribution in [3.8, 4) is 17.0 Å². The fourth-order valence-corrected chi connectivity index (χ4v) is 4.77. The highest BCUT2D eigenvalue weighted by atomic mass is 35.5. The molecular formula is C26H23Cl2N5O4. The lowest BCUT2D eigenvalue weighted by Crippen LogP contribution is -2.30. The van der Waals surface area contributed by atoms with Crippen molar-refractivity contribution in [1.82, 2.24) is 20.3 Å². The van der Waals surface area contributed by atoms with Crippen molar-refractivity contribution in [3.05, 3.63) is 81.8 Å². The topological polar surface area (TPSA) is 122 Å². The van der Waals surface area contributed by atoms with E-state index < -0.39 is 11.9 Å². The van der Waals surface area contributed by atoms with Crippen molar-refractivity contribution in [2.45, 2.75) is 38.1 Å². The van der Waals surface area contributed by atoms with Gasteiger partial charge in [-0.3, -0.25) is 4.79 Å². The second kappa shape index (κ2) is 10.7. The molecule has 2 aromatic heterocycles. The summed E-state index contributed by atoms with van der Waals surface area (Å²) in [5.41, 5.74) is 2.79. The zero-order valence-corrected chi connectivity index (χ0v) is 21.1. The molecule has 1 fully saturated rings. The second-order valence-electron chi connectivity index (χ2n) is 8.82. The number of carbonyl (C=O) groups is 2. The van der Waals surface area contributed by atoms with E-state index in [0.29, 0.717) is 27.0 Å². The zero-order chi connectivity index (χ0) is 25.9. The minimum atomic E-state index is -0.479. The van der Waals surface area contributed by atoms with Crippen molar-refractivity contribution >= 4 is 40.8 Å². The third kappa shape index (κ3) is 5.47. The molecular weight excluding hydrogens is 517 g/mol. The number of benzene rings is 2. The average Bonchev–Trinajstić information content (AvgIpc) is 3.67. The van der Waals surface area contributed by atoms with Gasteiger partial charge in [0.1, 0.15) is 5.75 Å². The van der Waals surface area contributed by atoms with Crippen molar-refractivity contribution in [2.75, 3.05) is 5.32 Å². The molecule has 0 bridgehead atoms. The molecule has 0 unspecified atom stereocenters. The summed E-state index contributed by atoms with van der Waals surface area (Å²) in [6, 6.07) is 12.7. The van der Waals surface area contributed by atoms with E-state index in [1.807, 2.05) is 6.07 Å². The van der Waals surface area contributed by atoms with Gasteiger partial charge in [-0.05, 0) is 54.8 Å². The summed E-state index contributed by atoms with van der Waals surface area (Å²) < 4.78 is 6.25. The minimum absolute atomic E-state index is 0.0310. The Kier molecular flexibility index (Phi) is 7.16. The van der Waals surface area contributed by atoms with Gasteiger partial charge in [0.25, 0.3) is 5.91 Å². The van der Waals surface area contributed by atoms with Gasteiger partial charge in [-0.1, -0.05) is 47.3 Å². The quantitative estimate of drug-likeness (QED) is 0.250. The van der Waals surface area contributed by atoms with Crippen LogP contribution >= 0.6 is 23.2 Å². The van der Waals surface area contributed by atoms with Gasteiger partial charge >= 0.3 is 6.03 Å². The fraction of sp³-hybridized carbons (Fsp3) is 0.231. The lowest BCUT2D eigenvalue weighted by Gasteiger charge is -2.12. The maximum absolute atomic E-state index is 13.2. The molecule has 0 radical (unpaired) electrons. The number of rotatable bonds is 6. The van der Waals surface area contributed by atoms with Crippen LogP contribution in [0.1, 0.15) is 53.4 Å². The van der Waals surface area contributed by atoms with E-state index in [4.69, 9.17) is 27.7 Å². The number of aromatic nitrogens is 3. The number of carbonyl (C=O) groups excluding carboxylic acids is 2. The van der Waals surface area contributed by atoms with Gasteiger partial charge < -0.3 is 20.3 Å². The largest absolute Gasteiger partial charge is 0.507 e. The smallest absolute Gasteiger partial charge is 0.342 e.